The van der Waals surface area contributed by atoms with Gasteiger partial charge in [-0.05, 0) is 25.0 Å². The number of halogens is 1. The molecule has 0 unspecified atom stereocenters. The molecule has 1 N–H and O–H groups in total. The Morgan fingerprint density at radius 3 is 2.11 bits per heavy atom. The average molecular weight is 394 g/mol. The van der Waals surface area contributed by atoms with Crippen LogP contribution in [0.4, 0.5) is 0 Å². The van der Waals surface area contributed by atoms with Gasteiger partial charge in [-0.1, -0.05) is 25.0 Å². The van der Waals surface area contributed by atoms with Crippen LogP contribution in [-0.2, 0) is 4.79 Å². The van der Waals surface area contributed by atoms with Crippen molar-refractivity contribution in [3.63, 3.8) is 0 Å². The van der Waals surface area contributed by atoms with E-state index >= 15 is 0 Å². The molecule has 148 valence electrons. The maximum atomic E-state index is 12.3. The predicted molar refractivity (Wildman–Crippen MR) is 98.1 cm³/mol. The molecule has 0 atom stereocenters. The topological polar surface area (TPSA) is 62.1 Å². The fourth-order valence-electron chi connectivity index (χ4n) is 3.64. The summed E-state index contributed by atoms with van der Waals surface area (Å²) in [6.45, 7) is 4.26. The molecule has 1 saturated heterocycles. The Morgan fingerprint density at radius 2 is 1.52 bits per heavy atom. The second-order valence-corrected chi connectivity index (χ2v) is 7.31. The van der Waals surface area contributed by atoms with E-state index in [1.54, 1.807) is 24.3 Å². The molecular weight excluding hydrogens is 366 g/mol. The normalized spacial score (nSPS) is 17.1. The van der Waals surface area contributed by atoms with E-state index in [4.69, 9.17) is 0 Å². The highest BCUT2D eigenvalue weighted by atomic mass is 35.5. The molecule has 0 bridgehead atoms. The summed E-state index contributed by atoms with van der Waals surface area (Å²) < 4.78 is 0. The standard InChI is InChI=1S/C20H27N3O3.ClH/c1-21-12-14-22(15-13-21)18(24)10-4-2-3-7-11-23-19(25)16-8-5-6-9-17(16)20(23)26;/h5-6,8-9H,2-4,7,10-15H2,1H3;1H. The van der Waals surface area contributed by atoms with E-state index in [0.717, 1.165) is 51.9 Å². The monoisotopic (exact) mass is 393 g/mol. The van der Waals surface area contributed by atoms with Gasteiger partial charge in [0.05, 0.1) is 44.4 Å². The molecule has 0 radical (unpaired) electrons. The molecule has 0 spiro atoms. The minimum atomic E-state index is -0.182. The van der Waals surface area contributed by atoms with Gasteiger partial charge in [0, 0.05) is 13.0 Å². The minimum Gasteiger partial charge on any atom is -1.00 e. The Balaban J connectivity index is 0.00000261. The molecule has 1 aromatic rings. The molecule has 2 heterocycles. The predicted octanol–water partition coefficient (Wildman–Crippen LogP) is -2.41. The molecule has 0 saturated carbocycles. The van der Waals surface area contributed by atoms with Crippen LogP contribution in [0.15, 0.2) is 24.3 Å². The van der Waals surface area contributed by atoms with Crippen molar-refractivity contribution in [1.82, 2.24) is 9.80 Å². The summed E-state index contributed by atoms with van der Waals surface area (Å²) in [6, 6.07) is 6.99. The van der Waals surface area contributed by atoms with Crippen molar-refractivity contribution in [2.45, 2.75) is 32.1 Å². The van der Waals surface area contributed by atoms with Gasteiger partial charge >= 0.3 is 0 Å². The van der Waals surface area contributed by atoms with E-state index < -0.39 is 0 Å². The molecule has 1 fully saturated rings. The average Bonchev–Trinajstić information content (AvgIpc) is 2.90. The molecule has 1 aromatic carbocycles. The molecule has 7 heteroatoms. The zero-order chi connectivity index (χ0) is 18.5. The van der Waals surface area contributed by atoms with Crippen molar-refractivity contribution in [1.29, 1.82) is 0 Å². The fourth-order valence-corrected chi connectivity index (χ4v) is 3.64. The molecule has 6 nitrogen and oxygen atoms in total. The second kappa shape index (κ2) is 9.85. The first-order valence-corrected chi connectivity index (χ1v) is 9.62. The van der Waals surface area contributed by atoms with Gasteiger partial charge in [-0.25, -0.2) is 0 Å². The van der Waals surface area contributed by atoms with E-state index in [1.807, 2.05) is 4.90 Å². The molecule has 3 rings (SSSR count). The van der Waals surface area contributed by atoms with Gasteiger partial charge in [-0.15, -0.1) is 0 Å². The number of quaternary nitrogens is 1. The van der Waals surface area contributed by atoms with Gasteiger partial charge in [0.25, 0.3) is 11.8 Å². The van der Waals surface area contributed by atoms with Gasteiger partial charge in [-0.2, -0.15) is 0 Å². The van der Waals surface area contributed by atoms with Gasteiger partial charge in [-0.3, -0.25) is 19.3 Å². The van der Waals surface area contributed by atoms with E-state index in [2.05, 4.69) is 7.05 Å². The van der Waals surface area contributed by atoms with Crippen LogP contribution >= 0.6 is 0 Å². The van der Waals surface area contributed by atoms with Crippen molar-refractivity contribution >= 4 is 17.7 Å². The Hall–Kier alpha value is -1.92. The van der Waals surface area contributed by atoms with Crippen LogP contribution in [0.2, 0.25) is 0 Å². The van der Waals surface area contributed by atoms with Crippen LogP contribution in [0.3, 0.4) is 0 Å². The summed E-state index contributed by atoms with van der Waals surface area (Å²) in [6.07, 6.45) is 4.14. The van der Waals surface area contributed by atoms with E-state index in [9.17, 15) is 14.4 Å². The molecular formula is C20H28ClN3O3. The Labute approximate surface area is 166 Å². The summed E-state index contributed by atoms with van der Waals surface area (Å²) in [5.74, 6) is -0.103. The van der Waals surface area contributed by atoms with Crippen molar-refractivity contribution in [3.8, 4) is 0 Å². The third kappa shape index (κ3) is 5.08. The van der Waals surface area contributed by atoms with Crippen molar-refractivity contribution in [2.24, 2.45) is 0 Å². The van der Waals surface area contributed by atoms with Gasteiger partial charge in [0.1, 0.15) is 0 Å². The number of fused-ring (bicyclic) bond motifs is 1. The Bertz CT molecular complexity index is 652. The first kappa shape index (κ1) is 21.4. The maximum absolute atomic E-state index is 12.3. The third-order valence-corrected chi connectivity index (χ3v) is 5.37. The summed E-state index contributed by atoms with van der Waals surface area (Å²) >= 11 is 0. The lowest BCUT2D eigenvalue weighted by molar-refractivity contribution is -0.883. The number of nitrogens with one attached hydrogen (secondary N) is 1. The van der Waals surface area contributed by atoms with E-state index in [0.29, 0.717) is 24.1 Å². The quantitative estimate of drug-likeness (QED) is 0.415. The molecule has 3 amide bonds. The van der Waals surface area contributed by atoms with Crippen molar-refractivity contribution < 1.29 is 31.7 Å². The van der Waals surface area contributed by atoms with Crippen molar-refractivity contribution in [3.05, 3.63) is 35.4 Å². The Kier molecular flexibility index (Phi) is 7.80. The van der Waals surface area contributed by atoms with Crippen LogP contribution in [0.5, 0.6) is 0 Å². The second-order valence-electron chi connectivity index (χ2n) is 7.31. The van der Waals surface area contributed by atoms with Crippen LogP contribution in [0.25, 0.3) is 0 Å². The van der Waals surface area contributed by atoms with E-state index in [-0.39, 0.29) is 30.1 Å². The number of carbonyl (C=O) groups excluding carboxylic acids is 3. The van der Waals surface area contributed by atoms with Crippen molar-refractivity contribution in [2.75, 3.05) is 39.8 Å². The largest absolute Gasteiger partial charge is 1.00 e. The zero-order valence-corrected chi connectivity index (χ0v) is 16.6. The van der Waals surface area contributed by atoms with Gasteiger partial charge < -0.3 is 22.2 Å². The number of amides is 3. The number of hydrogen-bond donors (Lipinski definition) is 1. The van der Waals surface area contributed by atoms with Gasteiger partial charge in [0.15, 0.2) is 0 Å². The smallest absolute Gasteiger partial charge is 0.261 e. The number of nitrogens with zero attached hydrogens (tertiary/aromatic N) is 2. The number of piperazine rings is 1. The highest BCUT2D eigenvalue weighted by Gasteiger charge is 2.34. The summed E-state index contributed by atoms with van der Waals surface area (Å²) in [7, 11) is 2.16. The summed E-state index contributed by atoms with van der Waals surface area (Å²) in [4.78, 5) is 41.5. The van der Waals surface area contributed by atoms with Crippen LogP contribution in [-0.4, -0.2) is 67.3 Å². The number of rotatable bonds is 7. The molecule has 2 aliphatic rings. The lowest BCUT2D eigenvalue weighted by Gasteiger charge is -2.30. The number of benzene rings is 1. The zero-order valence-electron chi connectivity index (χ0n) is 15.9. The van der Waals surface area contributed by atoms with Crippen LogP contribution in [0.1, 0.15) is 52.8 Å². The molecule has 2 aliphatic heterocycles. The number of carbonyl (C=O) groups is 3. The summed E-state index contributed by atoms with van der Waals surface area (Å²) in [5.41, 5.74) is 1.02. The van der Waals surface area contributed by atoms with E-state index in [1.165, 1.54) is 9.80 Å². The Morgan fingerprint density at radius 1 is 0.963 bits per heavy atom. The first-order valence-electron chi connectivity index (χ1n) is 9.62. The molecule has 0 aromatic heterocycles. The highest BCUT2D eigenvalue weighted by molar-refractivity contribution is 6.21. The summed E-state index contributed by atoms with van der Waals surface area (Å²) in [5, 5.41) is 0. The number of likely N-dealkylation sites (N-methyl/N-ethyl adjacent to an activating group) is 1. The SMILES string of the molecule is C[NH+]1CCN(C(=O)CCCCCCN2C(=O)c3ccccc3C2=O)CC1.[Cl-]. The van der Waals surface area contributed by atoms with Crippen LogP contribution < -0.4 is 17.3 Å². The highest BCUT2D eigenvalue weighted by Crippen LogP contribution is 2.22. The minimum absolute atomic E-state index is 0. The number of imide groups is 1. The lowest BCUT2D eigenvalue weighted by Crippen LogP contribution is -3.12. The number of hydrogen-bond acceptors (Lipinski definition) is 3. The fraction of sp³-hybridized carbons (Fsp3) is 0.550. The maximum Gasteiger partial charge on any atom is 0.261 e. The number of unbranched alkanes of at least 4 members (excludes halogenated alkanes) is 3. The molecule has 27 heavy (non-hydrogen) atoms. The molecule has 0 aliphatic carbocycles. The lowest BCUT2D eigenvalue weighted by atomic mass is 10.1. The van der Waals surface area contributed by atoms with Crippen LogP contribution in [0, 0.1) is 0 Å². The van der Waals surface area contributed by atoms with Gasteiger partial charge in [0.2, 0.25) is 5.91 Å². The third-order valence-electron chi connectivity index (χ3n) is 5.37. The first-order chi connectivity index (χ1) is 12.6.